The van der Waals surface area contributed by atoms with E-state index in [0.29, 0.717) is 18.1 Å². The van der Waals surface area contributed by atoms with Gasteiger partial charge in [-0.2, -0.15) is 0 Å². The Morgan fingerprint density at radius 2 is 1.85 bits per heavy atom. The lowest BCUT2D eigenvalue weighted by Gasteiger charge is -2.34. The highest BCUT2D eigenvalue weighted by Crippen LogP contribution is 2.27. The van der Waals surface area contributed by atoms with Gasteiger partial charge < -0.3 is 4.90 Å². The summed E-state index contributed by atoms with van der Waals surface area (Å²) in [5.74, 6) is -0.155. The zero-order valence-electron chi connectivity index (χ0n) is 14.0. The fourth-order valence-electron chi connectivity index (χ4n) is 3.22. The predicted molar refractivity (Wildman–Crippen MR) is 107 cm³/mol. The molecule has 0 atom stereocenters. The first kappa shape index (κ1) is 17.7. The molecular weight excluding hydrogens is 389 g/mol. The Morgan fingerprint density at radius 3 is 2.65 bits per heavy atom. The highest BCUT2D eigenvalue weighted by molar-refractivity contribution is 7.17. The normalized spacial score (nSPS) is 15.5. The van der Waals surface area contributed by atoms with E-state index in [1.807, 2.05) is 0 Å². The highest BCUT2D eigenvalue weighted by Gasteiger charge is 2.25. The molecule has 1 aliphatic rings. The van der Waals surface area contributed by atoms with Crippen molar-refractivity contribution in [3.8, 4) is 0 Å². The van der Waals surface area contributed by atoms with Gasteiger partial charge in [-0.15, -0.1) is 11.3 Å². The molecule has 3 heterocycles. The van der Waals surface area contributed by atoms with Gasteiger partial charge in [0.15, 0.2) is 0 Å². The van der Waals surface area contributed by atoms with Crippen LogP contribution in [0.5, 0.6) is 0 Å². The van der Waals surface area contributed by atoms with Crippen molar-refractivity contribution in [1.29, 1.82) is 0 Å². The van der Waals surface area contributed by atoms with Crippen molar-refractivity contribution in [3.63, 3.8) is 0 Å². The highest BCUT2D eigenvalue weighted by atomic mass is 35.5. The Balaban J connectivity index is 1.41. The van der Waals surface area contributed by atoms with Crippen LogP contribution >= 0.6 is 34.5 Å². The van der Waals surface area contributed by atoms with Gasteiger partial charge >= 0.3 is 0 Å². The average Bonchev–Trinajstić information content (AvgIpc) is 3.07. The monoisotopic (exact) mass is 405 g/mol. The molecule has 7 heteroatoms. The van der Waals surface area contributed by atoms with E-state index in [1.165, 1.54) is 15.6 Å². The molecule has 4 rings (SSSR count). The molecule has 0 bridgehead atoms. The number of halogens is 2. The summed E-state index contributed by atoms with van der Waals surface area (Å²) < 4.78 is 1.32. The van der Waals surface area contributed by atoms with Gasteiger partial charge in [0, 0.05) is 37.4 Å². The van der Waals surface area contributed by atoms with Crippen molar-refractivity contribution in [2.75, 3.05) is 26.2 Å². The van der Waals surface area contributed by atoms with Crippen molar-refractivity contribution >= 4 is 50.5 Å². The van der Waals surface area contributed by atoms with Crippen molar-refractivity contribution in [2.45, 2.75) is 6.54 Å². The third kappa shape index (κ3) is 3.58. The Labute approximate surface area is 166 Å². The summed E-state index contributed by atoms with van der Waals surface area (Å²) in [5.41, 5.74) is 1.58. The summed E-state index contributed by atoms with van der Waals surface area (Å²) >= 11 is 13.8. The van der Waals surface area contributed by atoms with E-state index in [2.05, 4.69) is 39.5 Å². The maximum Gasteiger partial charge on any atom is 0.274 e. The molecule has 0 spiro atoms. The Kier molecular flexibility index (Phi) is 5.14. The first-order chi connectivity index (χ1) is 12.6. The standard InChI is InChI=1S/C19H17Cl2N3OS/c20-15-5-6-17(21)22-18(15)19(25)24-9-7-23(8-10-24)11-13-12-26-16-4-2-1-3-14(13)16/h1-6,12H,7-11H2. The lowest BCUT2D eigenvalue weighted by Crippen LogP contribution is -2.48. The van der Waals surface area contributed by atoms with Crippen LogP contribution in [0.2, 0.25) is 10.2 Å². The number of aromatic nitrogens is 1. The van der Waals surface area contributed by atoms with Crippen molar-refractivity contribution in [2.24, 2.45) is 0 Å². The number of nitrogens with zero attached hydrogens (tertiary/aromatic N) is 3. The van der Waals surface area contributed by atoms with Gasteiger partial charge in [0.05, 0.1) is 5.02 Å². The molecule has 0 saturated carbocycles. The van der Waals surface area contributed by atoms with Gasteiger partial charge in [-0.3, -0.25) is 9.69 Å². The minimum Gasteiger partial charge on any atom is -0.335 e. The van der Waals surface area contributed by atoms with Crippen molar-refractivity contribution in [1.82, 2.24) is 14.8 Å². The van der Waals surface area contributed by atoms with Gasteiger partial charge in [-0.05, 0) is 34.5 Å². The second-order valence-corrected chi connectivity index (χ2v) is 8.00. The number of carbonyl (C=O) groups is 1. The van der Waals surface area contributed by atoms with E-state index in [1.54, 1.807) is 28.4 Å². The Hall–Kier alpha value is -1.66. The van der Waals surface area contributed by atoms with Gasteiger partial charge in [0.2, 0.25) is 0 Å². The zero-order chi connectivity index (χ0) is 18.1. The molecule has 2 aromatic heterocycles. The Bertz CT molecular complexity index is 951. The number of pyridine rings is 1. The van der Waals surface area contributed by atoms with Crippen LogP contribution in [-0.2, 0) is 6.54 Å². The number of thiophene rings is 1. The lowest BCUT2D eigenvalue weighted by molar-refractivity contribution is 0.0623. The predicted octanol–water partition coefficient (Wildman–Crippen LogP) is 4.56. The molecule has 0 radical (unpaired) electrons. The van der Waals surface area contributed by atoms with E-state index in [4.69, 9.17) is 23.2 Å². The smallest absolute Gasteiger partial charge is 0.274 e. The lowest BCUT2D eigenvalue weighted by atomic mass is 10.1. The number of fused-ring (bicyclic) bond motifs is 1. The molecule has 1 saturated heterocycles. The number of hydrogen-bond donors (Lipinski definition) is 0. The SMILES string of the molecule is O=C(c1nc(Cl)ccc1Cl)N1CCN(Cc2csc3ccccc23)CC1. The first-order valence-corrected chi connectivity index (χ1v) is 10.0. The zero-order valence-corrected chi connectivity index (χ0v) is 16.3. The second kappa shape index (κ2) is 7.53. The largest absolute Gasteiger partial charge is 0.335 e. The molecule has 0 unspecified atom stereocenters. The van der Waals surface area contributed by atoms with E-state index in [9.17, 15) is 4.79 Å². The topological polar surface area (TPSA) is 36.4 Å². The minimum absolute atomic E-state index is 0.155. The minimum atomic E-state index is -0.155. The molecule has 134 valence electrons. The third-order valence-corrected chi connectivity index (χ3v) is 6.16. The molecule has 26 heavy (non-hydrogen) atoms. The number of amides is 1. The van der Waals surface area contributed by atoms with Crippen LogP contribution in [0.4, 0.5) is 0 Å². The van der Waals surface area contributed by atoms with Crippen LogP contribution < -0.4 is 0 Å². The molecule has 3 aromatic rings. The quantitative estimate of drug-likeness (QED) is 0.599. The number of rotatable bonds is 3. The number of carbonyl (C=O) groups excluding carboxylic acids is 1. The fraction of sp³-hybridized carbons (Fsp3) is 0.263. The summed E-state index contributed by atoms with van der Waals surface area (Å²) in [6, 6.07) is 11.7. The van der Waals surface area contributed by atoms with Crippen LogP contribution in [0.25, 0.3) is 10.1 Å². The number of benzene rings is 1. The van der Waals surface area contributed by atoms with Crippen LogP contribution in [0.15, 0.2) is 41.8 Å². The summed E-state index contributed by atoms with van der Waals surface area (Å²) in [6.07, 6.45) is 0. The van der Waals surface area contributed by atoms with Crippen molar-refractivity contribution < 1.29 is 4.79 Å². The maximum atomic E-state index is 12.7. The van der Waals surface area contributed by atoms with Crippen LogP contribution in [0.3, 0.4) is 0 Å². The summed E-state index contributed by atoms with van der Waals surface area (Å²) in [7, 11) is 0. The van der Waals surface area contributed by atoms with Crippen LogP contribution in [0.1, 0.15) is 16.1 Å². The number of hydrogen-bond acceptors (Lipinski definition) is 4. The van der Waals surface area contributed by atoms with Crippen LogP contribution in [-0.4, -0.2) is 46.9 Å². The van der Waals surface area contributed by atoms with E-state index in [0.717, 1.165) is 19.6 Å². The van der Waals surface area contributed by atoms with Gasteiger partial charge in [-0.25, -0.2) is 4.98 Å². The maximum absolute atomic E-state index is 12.7. The molecule has 1 fully saturated rings. The van der Waals surface area contributed by atoms with Crippen molar-refractivity contribution in [3.05, 3.63) is 63.2 Å². The third-order valence-electron chi connectivity index (χ3n) is 4.63. The summed E-state index contributed by atoms with van der Waals surface area (Å²) in [5, 5.41) is 4.18. The molecule has 0 N–H and O–H groups in total. The molecule has 4 nitrogen and oxygen atoms in total. The molecule has 1 aromatic carbocycles. The van der Waals surface area contributed by atoms with E-state index < -0.39 is 0 Å². The molecule has 1 aliphatic heterocycles. The van der Waals surface area contributed by atoms with Gasteiger partial charge in [0.25, 0.3) is 5.91 Å². The average molecular weight is 406 g/mol. The van der Waals surface area contributed by atoms with Gasteiger partial charge in [-0.1, -0.05) is 41.4 Å². The Morgan fingerprint density at radius 1 is 1.08 bits per heavy atom. The van der Waals surface area contributed by atoms with E-state index >= 15 is 0 Å². The molecular formula is C19H17Cl2N3OS. The van der Waals surface area contributed by atoms with E-state index in [-0.39, 0.29) is 16.8 Å². The summed E-state index contributed by atoms with van der Waals surface area (Å²) in [6.45, 7) is 3.88. The van der Waals surface area contributed by atoms with Gasteiger partial charge in [0.1, 0.15) is 10.8 Å². The first-order valence-electron chi connectivity index (χ1n) is 8.40. The number of piperazine rings is 1. The molecule has 0 aliphatic carbocycles. The van der Waals surface area contributed by atoms with Crippen LogP contribution in [0, 0.1) is 0 Å². The fourth-order valence-corrected chi connectivity index (χ4v) is 4.51. The second-order valence-electron chi connectivity index (χ2n) is 6.29. The summed E-state index contributed by atoms with van der Waals surface area (Å²) in [4.78, 5) is 20.9. The molecule has 1 amide bonds.